The number of nitrogens with zero attached hydrogens (tertiary/aromatic N) is 2. The highest BCUT2D eigenvalue weighted by Gasteiger charge is 2.37. The van der Waals surface area contributed by atoms with Gasteiger partial charge in [0.15, 0.2) is 5.69 Å². The number of benzene rings is 2. The van der Waals surface area contributed by atoms with Crippen molar-refractivity contribution in [1.82, 2.24) is 9.69 Å². The number of nitrogens with one attached hydrogen (secondary N) is 1. The van der Waals surface area contributed by atoms with Crippen molar-refractivity contribution in [2.24, 2.45) is 11.7 Å². The highest BCUT2D eigenvalue weighted by atomic mass is 32.1. The van der Waals surface area contributed by atoms with E-state index in [0.717, 1.165) is 0 Å². The molecule has 12 heteroatoms. The minimum atomic E-state index is -1.23. The molecule has 3 amide bonds. The van der Waals surface area contributed by atoms with Crippen LogP contribution in [0.4, 0.5) is 11.4 Å². The number of aromatic nitrogens is 1. The lowest BCUT2D eigenvalue weighted by atomic mass is 10.0. The molecule has 0 aliphatic carbocycles. The third kappa shape index (κ3) is 6.14. The van der Waals surface area contributed by atoms with Crippen molar-refractivity contribution in [3.05, 3.63) is 58.6 Å². The molecule has 0 aliphatic heterocycles. The lowest BCUT2D eigenvalue weighted by Gasteiger charge is -2.32. The summed E-state index contributed by atoms with van der Waals surface area (Å²) in [7, 11) is 2.90. The van der Waals surface area contributed by atoms with Crippen LogP contribution in [0.5, 0.6) is 17.2 Å². The average Bonchev–Trinajstić information content (AvgIpc) is 3.28. The van der Waals surface area contributed by atoms with Crippen LogP contribution in [0.15, 0.2) is 42.5 Å². The zero-order chi connectivity index (χ0) is 28.0. The van der Waals surface area contributed by atoms with E-state index in [1.807, 2.05) is 13.8 Å². The summed E-state index contributed by atoms with van der Waals surface area (Å²) in [5.41, 5.74) is 11.7. The SMILES string of the molecule is COc1ccc(OC)c(N(C(=O)c2snc(C(N)=O)c2N)C(C(=O)NCCC(C)C)c2ccc(O)cc2)c1. The van der Waals surface area contributed by atoms with E-state index >= 15 is 0 Å². The van der Waals surface area contributed by atoms with Crippen LogP contribution >= 0.6 is 11.5 Å². The van der Waals surface area contributed by atoms with Crippen molar-refractivity contribution >= 4 is 40.6 Å². The van der Waals surface area contributed by atoms with Crippen molar-refractivity contribution in [1.29, 1.82) is 0 Å². The molecule has 0 saturated heterocycles. The van der Waals surface area contributed by atoms with Gasteiger partial charge in [-0.15, -0.1) is 0 Å². The summed E-state index contributed by atoms with van der Waals surface area (Å²) in [6, 6.07) is 9.49. The summed E-state index contributed by atoms with van der Waals surface area (Å²) in [4.78, 5) is 40.9. The first kappa shape index (κ1) is 28.3. The van der Waals surface area contributed by atoms with E-state index in [9.17, 15) is 19.5 Å². The summed E-state index contributed by atoms with van der Waals surface area (Å²) < 4.78 is 14.9. The molecule has 3 rings (SSSR count). The van der Waals surface area contributed by atoms with E-state index in [1.54, 1.807) is 30.3 Å². The Kier molecular flexibility index (Phi) is 9.13. The van der Waals surface area contributed by atoms with Crippen LogP contribution in [0.25, 0.3) is 0 Å². The molecular weight excluding hydrogens is 510 g/mol. The quantitative estimate of drug-likeness (QED) is 0.287. The van der Waals surface area contributed by atoms with Crippen LogP contribution in [0.3, 0.4) is 0 Å². The topological polar surface area (TPSA) is 170 Å². The van der Waals surface area contributed by atoms with Crippen LogP contribution in [0, 0.1) is 5.92 Å². The first-order valence-corrected chi connectivity index (χ1v) is 12.5. The largest absolute Gasteiger partial charge is 0.508 e. The van der Waals surface area contributed by atoms with E-state index in [-0.39, 0.29) is 33.4 Å². The maximum absolute atomic E-state index is 14.2. The first-order chi connectivity index (χ1) is 18.1. The number of carbonyl (C=O) groups excluding carboxylic acids is 3. The van der Waals surface area contributed by atoms with Gasteiger partial charge in [0.2, 0.25) is 5.91 Å². The number of hydrogen-bond donors (Lipinski definition) is 4. The Bertz CT molecular complexity index is 1310. The van der Waals surface area contributed by atoms with Gasteiger partial charge in [-0.05, 0) is 53.7 Å². The van der Waals surface area contributed by atoms with Gasteiger partial charge in [0.05, 0.1) is 25.6 Å². The summed E-state index contributed by atoms with van der Waals surface area (Å²) in [6.07, 6.45) is 0.716. The molecule has 1 atom stereocenters. The van der Waals surface area contributed by atoms with E-state index in [0.29, 0.717) is 41.7 Å². The molecule has 1 aromatic heterocycles. The fourth-order valence-corrected chi connectivity index (χ4v) is 4.49. The smallest absolute Gasteiger partial charge is 0.273 e. The van der Waals surface area contributed by atoms with Gasteiger partial charge in [-0.1, -0.05) is 26.0 Å². The summed E-state index contributed by atoms with van der Waals surface area (Å²) in [5, 5.41) is 12.8. The van der Waals surface area contributed by atoms with Crippen LogP contribution in [-0.2, 0) is 4.79 Å². The van der Waals surface area contributed by atoms with Crippen LogP contribution in [0.2, 0.25) is 0 Å². The Labute approximate surface area is 224 Å². The normalized spacial score (nSPS) is 11.6. The van der Waals surface area contributed by atoms with Gasteiger partial charge in [-0.25, -0.2) is 0 Å². The highest BCUT2D eigenvalue weighted by molar-refractivity contribution is 7.09. The monoisotopic (exact) mass is 541 g/mol. The Balaban J connectivity index is 2.26. The Morgan fingerprint density at radius 3 is 2.34 bits per heavy atom. The van der Waals surface area contributed by atoms with Crippen LogP contribution < -0.4 is 31.2 Å². The first-order valence-electron chi connectivity index (χ1n) is 11.8. The predicted molar refractivity (Wildman–Crippen MR) is 145 cm³/mol. The third-order valence-electron chi connectivity index (χ3n) is 5.76. The standard InChI is InChI=1S/C26H31N5O6S/c1-14(2)11-12-29-25(34)22(15-5-7-16(32)8-6-15)31(18-13-17(36-3)9-10-19(18)37-4)26(35)23-20(27)21(24(28)33)30-38-23/h5-10,13-14,22,32H,11-12,27H2,1-4H3,(H2,28,33)(H,29,34). The van der Waals surface area contributed by atoms with Gasteiger partial charge in [-0.2, -0.15) is 4.37 Å². The van der Waals surface area contributed by atoms with Crippen molar-refractivity contribution in [3.8, 4) is 17.2 Å². The molecule has 202 valence electrons. The van der Waals surface area contributed by atoms with E-state index in [4.69, 9.17) is 20.9 Å². The minimum absolute atomic E-state index is 0.0117. The number of carbonyl (C=O) groups is 3. The molecule has 11 nitrogen and oxygen atoms in total. The average molecular weight is 542 g/mol. The van der Waals surface area contributed by atoms with E-state index in [2.05, 4.69) is 9.69 Å². The fraction of sp³-hybridized carbons (Fsp3) is 0.308. The molecule has 2 aromatic carbocycles. The van der Waals surface area contributed by atoms with Crippen LogP contribution in [-0.4, -0.2) is 48.0 Å². The molecule has 0 aliphatic rings. The van der Waals surface area contributed by atoms with E-state index in [1.165, 1.54) is 31.3 Å². The number of anilines is 2. The molecule has 1 unspecified atom stereocenters. The summed E-state index contributed by atoms with van der Waals surface area (Å²) in [6.45, 7) is 4.43. The van der Waals surface area contributed by atoms with Gasteiger partial charge in [0.1, 0.15) is 28.2 Å². The van der Waals surface area contributed by atoms with Gasteiger partial charge in [0, 0.05) is 12.6 Å². The van der Waals surface area contributed by atoms with Crippen molar-refractivity contribution < 1.29 is 29.0 Å². The van der Waals surface area contributed by atoms with Gasteiger partial charge in [0.25, 0.3) is 11.8 Å². The zero-order valence-corrected chi connectivity index (χ0v) is 22.4. The molecule has 0 saturated carbocycles. The lowest BCUT2D eigenvalue weighted by Crippen LogP contribution is -2.44. The van der Waals surface area contributed by atoms with E-state index < -0.39 is 23.8 Å². The number of aromatic hydroxyl groups is 1. The second kappa shape index (κ2) is 12.3. The molecule has 3 aromatic rings. The molecule has 0 spiro atoms. The Morgan fingerprint density at radius 1 is 1.11 bits per heavy atom. The van der Waals surface area contributed by atoms with Gasteiger partial charge < -0.3 is 31.4 Å². The highest BCUT2D eigenvalue weighted by Crippen LogP contribution is 2.40. The van der Waals surface area contributed by atoms with Crippen molar-refractivity contribution in [2.75, 3.05) is 31.4 Å². The Hall–Kier alpha value is -4.32. The molecule has 1 heterocycles. The Morgan fingerprint density at radius 2 is 1.79 bits per heavy atom. The number of rotatable bonds is 11. The summed E-state index contributed by atoms with van der Waals surface area (Å²) in [5.74, 6) is -1.08. The zero-order valence-electron chi connectivity index (χ0n) is 21.6. The number of phenolic OH excluding ortho intramolecular Hbond substituents is 1. The number of hydrogen-bond acceptors (Lipinski definition) is 9. The number of primary amides is 1. The second-order valence-corrected chi connectivity index (χ2v) is 9.59. The molecule has 0 bridgehead atoms. The third-order valence-corrected chi connectivity index (χ3v) is 6.61. The predicted octanol–water partition coefficient (Wildman–Crippen LogP) is 3.10. The molecular formula is C26H31N5O6S. The molecule has 38 heavy (non-hydrogen) atoms. The van der Waals surface area contributed by atoms with Gasteiger partial charge >= 0.3 is 0 Å². The number of nitrogens with two attached hydrogens (primary N) is 2. The maximum Gasteiger partial charge on any atom is 0.273 e. The fourth-order valence-electron chi connectivity index (χ4n) is 3.74. The van der Waals surface area contributed by atoms with Crippen molar-refractivity contribution in [2.45, 2.75) is 26.3 Å². The number of nitrogen functional groups attached to an aromatic ring is 1. The summed E-state index contributed by atoms with van der Waals surface area (Å²) >= 11 is 0.697. The molecule has 0 fully saturated rings. The number of ether oxygens (including phenoxy) is 2. The maximum atomic E-state index is 14.2. The minimum Gasteiger partial charge on any atom is -0.508 e. The second-order valence-electron chi connectivity index (χ2n) is 8.82. The lowest BCUT2D eigenvalue weighted by molar-refractivity contribution is -0.122. The van der Waals surface area contributed by atoms with Crippen molar-refractivity contribution in [3.63, 3.8) is 0 Å². The number of amides is 3. The van der Waals surface area contributed by atoms with Gasteiger partial charge in [-0.3, -0.25) is 19.3 Å². The molecule has 0 radical (unpaired) electrons. The van der Waals surface area contributed by atoms with Crippen LogP contribution in [0.1, 0.15) is 52.0 Å². The molecule has 6 N–H and O–H groups in total. The number of methoxy groups -OCH3 is 2. The number of phenols is 1.